The largest absolute Gasteiger partial charge is 0.305 e. The van der Waals surface area contributed by atoms with Crippen LogP contribution in [0.3, 0.4) is 0 Å². The molecule has 0 N–H and O–H groups in total. The second kappa shape index (κ2) is 5.61. The van der Waals surface area contributed by atoms with Gasteiger partial charge in [-0.2, -0.15) is 0 Å². The maximum absolute atomic E-state index is 12.7. The predicted octanol–water partition coefficient (Wildman–Crippen LogP) is 1.88. The molecule has 0 bridgehead atoms. The average molecular weight is 282 g/mol. The van der Waals surface area contributed by atoms with Crippen molar-refractivity contribution in [1.29, 1.82) is 0 Å². The van der Waals surface area contributed by atoms with Gasteiger partial charge >= 0.3 is 0 Å². The molecule has 0 spiro atoms. The number of carbonyl (C=O) groups excluding carboxylic acids is 1. The standard InChI is InChI=1S/C16H18N4O/c1-12-9-18-14(10-17-12)16(21)20-8-7-19(2)11-13-5-3-4-6-15(13)20/h3-6,9-10H,7-8,11H2,1-2H3. The first-order chi connectivity index (χ1) is 10.1. The molecule has 1 aliphatic rings. The minimum absolute atomic E-state index is 0.0924. The molecular weight excluding hydrogens is 264 g/mol. The van der Waals surface area contributed by atoms with Crippen LogP contribution in [-0.4, -0.2) is 40.9 Å². The summed E-state index contributed by atoms with van der Waals surface area (Å²) < 4.78 is 0. The van der Waals surface area contributed by atoms with Crippen LogP contribution in [0.5, 0.6) is 0 Å². The number of aromatic nitrogens is 2. The van der Waals surface area contributed by atoms with Gasteiger partial charge < -0.3 is 9.80 Å². The number of nitrogens with zero attached hydrogens (tertiary/aromatic N) is 4. The van der Waals surface area contributed by atoms with Gasteiger partial charge in [0.05, 0.1) is 11.9 Å². The molecule has 0 aliphatic carbocycles. The number of aryl methyl sites for hydroxylation is 1. The van der Waals surface area contributed by atoms with Crippen molar-refractivity contribution in [3.8, 4) is 0 Å². The van der Waals surface area contributed by atoms with E-state index in [1.165, 1.54) is 0 Å². The third-order valence-electron chi connectivity index (χ3n) is 3.67. The van der Waals surface area contributed by atoms with Gasteiger partial charge in [0.1, 0.15) is 5.69 Å². The molecule has 1 aromatic heterocycles. The third-order valence-corrected chi connectivity index (χ3v) is 3.67. The summed E-state index contributed by atoms with van der Waals surface area (Å²) >= 11 is 0. The minimum Gasteiger partial charge on any atom is -0.305 e. The SMILES string of the molecule is Cc1cnc(C(=O)N2CCN(C)Cc3ccccc32)cn1. The van der Waals surface area contributed by atoms with E-state index >= 15 is 0 Å². The number of carbonyl (C=O) groups is 1. The Bertz CT molecular complexity index is 654. The Balaban J connectivity index is 1.97. The van der Waals surface area contributed by atoms with Crippen LogP contribution in [0, 0.1) is 6.92 Å². The minimum atomic E-state index is -0.0924. The number of amides is 1. The summed E-state index contributed by atoms with van der Waals surface area (Å²) in [4.78, 5) is 25.1. The fourth-order valence-electron chi connectivity index (χ4n) is 2.52. The zero-order valence-corrected chi connectivity index (χ0v) is 12.3. The second-order valence-electron chi connectivity index (χ2n) is 5.37. The van der Waals surface area contributed by atoms with Crippen LogP contribution >= 0.6 is 0 Å². The van der Waals surface area contributed by atoms with Gasteiger partial charge in [-0.1, -0.05) is 18.2 Å². The lowest BCUT2D eigenvalue weighted by atomic mass is 10.1. The van der Waals surface area contributed by atoms with Crippen LogP contribution in [0.4, 0.5) is 5.69 Å². The molecule has 1 aliphatic heterocycles. The average Bonchev–Trinajstić information content (AvgIpc) is 2.65. The van der Waals surface area contributed by atoms with E-state index < -0.39 is 0 Å². The number of rotatable bonds is 1. The fourth-order valence-corrected chi connectivity index (χ4v) is 2.52. The smallest absolute Gasteiger partial charge is 0.278 e. The molecule has 21 heavy (non-hydrogen) atoms. The van der Waals surface area contributed by atoms with E-state index in [1.54, 1.807) is 17.3 Å². The summed E-state index contributed by atoms with van der Waals surface area (Å²) in [5.41, 5.74) is 3.32. The Kier molecular flexibility index (Phi) is 3.66. The zero-order valence-electron chi connectivity index (χ0n) is 12.3. The van der Waals surface area contributed by atoms with Crippen molar-refractivity contribution in [2.24, 2.45) is 0 Å². The van der Waals surface area contributed by atoms with Crippen molar-refractivity contribution < 1.29 is 4.79 Å². The van der Waals surface area contributed by atoms with E-state index in [4.69, 9.17) is 0 Å². The lowest BCUT2D eigenvalue weighted by molar-refractivity contribution is 0.0980. The molecule has 5 nitrogen and oxygen atoms in total. The van der Waals surface area contributed by atoms with Gasteiger partial charge in [0, 0.05) is 31.5 Å². The Morgan fingerprint density at radius 1 is 1.14 bits per heavy atom. The number of fused-ring (bicyclic) bond motifs is 1. The van der Waals surface area contributed by atoms with E-state index in [0.29, 0.717) is 12.2 Å². The highest BCUT2D eigenvalue weighted by Gasteiger charge is 2.24. The van der Waals surface area contributed by atoms with Crippen LogP contribution in [0.15, 0.2) is 36.7 Å². The fraction of sp³-hybridized carbons (Fsp3) is 0.312. The van der Waals surface area contributed by atoms with E-state index in [0.717, 1.165) is 30.0 Å². The van der Waals surface area contributed by atoms with Crippen LogP contribution in [-0.2, 0) is 6.54 Å². The van der Waals surface area contributed by atoms with Gasteiger partial charge in [0.25, 0.3) is 5.91 Å². The van der Waals surface area contributed by atoms with Crippen molar-refractivity contribution in [2.45, 2.75) is 13.5 Å². The molecule has 0 radical (unpaired) electrons. The van der Waals surface area contributed by atoms with E-state index in [-0.39, 0.29) is 5.91 Å². The maximum Gasteiger partial charge on any atom is 0.278 e. The summed E-state index contributed by atoms with van der Waals surface area (Å²) in [6, 6.07) is 8.03. The van der Waals surface area contributed by atoms with Gasteiger partial charge in [-0.15, -0.1) is 0 Å². The van der Waals surface area contributed by atoms with Crippen molar-refractivity contribution in [1.82, 2.24) is 14.9 Å². The van der Waals surface area contributed by atoms with Crippen LogP contribution < -0.4 is 4.90 Å². The lowest BCUT2D eigenvalue weighted by Crippen LogP contribution is -2.35. The lowest BCUT2D eigenvalue weighted by Gasteiger charge is -2.22. The molecule has 0 saturated heterocycles. The molecule has 1 amide bonds. The maximum atomic E-state index is 12.7. The first kappa shape index (κ1) is 13.7. The molecule has 0 fully saturated rings. The molecule has 0 saturated carbocycles. The quantitative estimate of drug-likeness (QED) is 0.801. The third kappa shape index (κ3) is 2.78. The first-order valence-corrected chi connectivity index (χ1v) is 7.02. The van der Waals surface area contributed by atoms with Crippen molar-refractivity contribution in [2.75, 3.05) is 25.0 Å². The molecule has 108 valence electrons. The monoisotopic (exact) mass is 282 g/mol. The van der Waals surface area contributed by atoms with Gasteiger partial charge in [0.2, 0.25) is 0 Å². The number of anilines is 1. The van der Waals surface area contributed by atoms with Crippen molar-refractivity contribution in [3.05, 3.63) is 53.6 Å². The van der Waals surface area contributed by atoms with Crippen LogP contribution in [0.2, 0.25) is 0 Å². The Hall–Kier alpha value is -2.27. The van der Waals surface area contributed by atoms with Crippen molar-refractivity contribution in [3.63, 3.8) is 0 Å². The Labute approximate surface area is 124 Å². The van der Waals surface area contributed by atoms with E-state index in [1.807, 2.05) is 25.1 Å². The summed E-state index contributed by atoms with van der Waals surface area (Å²) in [7, 11) is 2.07. The highest BCUT2D eigenvalue weighted by molar-refractivity contribution is 6.05. The van der Waals surface area contributed by atoms with Gasteiger partial charge in [-0.3, -0.25) is 9.78 Å². The van der Waals surface area contributed by atoms with E-state index in [9.17, 15) is 4.79 Å². The molecule has 0 unspecified atom stereocenters. The normalized spacial score (nSPS) is 15.4. The van der Waals surface area contributed by atoms with Crippen molar-refractivity contribution >= 4 is 11.6 Å². The van der Waals surface area contributed by atoms with Gasteiger partial charge in [-0.05, 0) is 25.6 Å². The number of para-hydroxylation sites is 1. The second-order valence-corrected chi connectivity index (χ2v) is 5.37. The van der Waals surface area contributed by atoms with Gasteiger partial charge in [-0.25, -0.2) is 4.98 Å². The summed E-state index contributed by atoms with van der Waals surface area (Å²) in [6.45, 7) is 4.19. The zero-order chi connectivity index (χ0) is 14.8. The molecule has 2 heterocycles. The summed E-state index contributed by atoms with van der Waals surface area (Å²) in [5.74, 6) is -0.0924. The highest BCUT2D eigenvalue weighted by Crippen LogP contribution is 2.25. The highest BCUT2D eigenvalue weighted by atomic mass is 16.2. The van der Waals surface area contributed by atoms with Crippen LogP contribution in [0.1, 0.15) is 21.7 Å². The number of hydrogen-bond acceptors (Lipinski definition) is 4. The van der Waals surface area contributed by atoms with Gasteiger partial charge in [0.15, 0.2) is 0 Å². The predicted molar refractivity (Wildman–Crippen MR) is 81.2 cm³/mol. The van der Waals surface area contributed by atoms with Crippen LogP contribution in [0.25, 0.3) is 0 Å². The number of hydrogen-bond donors (Lipinski definition) is 0. The Morgan fingerprint density at radius 2 is 1.95 bits per heavy atom. The molecule has 3 rings (SSSR count). The number of benzene rings is 1. The molecule has 0 atom stereocenters. The molecule has 2 aromatic rings. The first-order valence-electron chi connectivity index (χ1n) is 7.02. The van der Waals surface area contributed by atoms with E-state index in [2.05, 4.69) is 28.0 Å². The Morgan fingerprint density at radius 3 is 2.71 bits per heavy atom. The number of likely N-dealkylation sites (N-methyl/N-ethyl adjacent to an activating group) is 1. The molecular formula is C16H18N4O. The molecule has 1 aromatic carbocycles. The topological polar surface area (TPSA) is 49.3 Å². The summed E-state index contributed by atoms with van der Waals surface area (Å²) in [6.07, 6.45) is 3.18. The molecule has 5 heteroatoms. The summed E-state index contributed by atoms with van der Waals surface area (Å²) in [5, 5.41) is 0.